The summed E-state index contributed by atoms with van der Waals surface area (Å²) < 4.78 is 7.34. The number of aromatic nitrogens is 3. The van der Waals surface area contributed by atoms with Crippen LogP contribution in [0.4, 0.5) is 0 Å². The molecule has 0 saturated heterocycles. The number of allylic oxidation sites excluding steroid dienone is 1. The second-order valence-corrected chi connectivity index (χ2v) is 5.54. The number of ether oxygens (including phenoxy) is 1. The Balaban J connectivity index is 1.63. The molecule has 2 aromatic heterocycles. The highest BCUT2D eigenvalue weighted by Crippen LogP contribution is 2.18. The Bertz CT molecular complexity index is 731. The van der Waals surface area contributed by atoms with Gasteiger partial charge in [-0.15, -0.1) is 0 Å². The number of rotatable bonds is 4. The highest BCUT2D eigenvalue weighted by Gasteiger charge is 2.17. The highest BCUT2D eigenvalue weighted by molar-refractivity contribution is 5.93. The third kappa shape index (κ3) is 3.41. The van der Waals surface area contributed by atoms with Crippen LogP contribution < -0.4 is 5.32 Å². The van der Waals surface area contributed by atoms with Gasteiger partial charge >= 0.3 is 0 Å². The molecule has 0 bridgehead atoms. The minimum absolute atomic E-state index is 0.0586. The molecule has 0 aliphatic carbocycles. The fourth-order valence-electron chi connectivity index (χ4n) is 2.58. The molecule has 1 amide bonds. The first-order valence-electron chi connectivity index (χ1n) is 7.71. The number of hydrogen-bond donors (Lipinski definition) is 1. The lowest BCUT2D eigenvalue weighted by atomic mass is 10.1. The summed E-state index contributed by atoms with van der Waals surface area (Å²) in [7, 11) is 0. The van der Waals surface area contributed by atoms with Crippen molar-refractivity contribution in [2.45, 2.75) is 33.2 Å². The molecule has 0 spiro atoms. The van der Waals surface area contributed by atoms with Crippen molar-refractivity contribution in [3.8, 4) is 5.82 Å². The van der Waals surface area contributed by atoms with E-state index in [-0.39, 0.29) is 5.91 Å². The first-order valence-corrected chi connectivity index (χ1v) is 7.71. The van der Waals surface area contributed by atoms with E-state index in [0.717, 1.165) is 41.4 Å². The largest absolute Gasteiger partial charge is 0.498 e. The van der Waals surface area contributed by atoms with Crippen LogP contribution in [0, 0.1) is 6.92 Å². The van der Waals surface area contributed by atoms with E-state index in [9.17, 15) is 4.79 Å². The number of carbonyl (C=O) groups is 1. The zero-order chi connectivity index (χ0) is 16.2. The van der Waals surface area contributed by atoms with Crippen LogP contribution in [0.2, 0.25) is 0 Å². The molecule has 1 aliphatic rings. The van der Waals surface area contributed by atoms with Gasteiger partial charge in [0.05, 0.1) is 12.2 Å². The van der Waals surface area contributed by atoms with Crippen molar-refractivity contribution in [1.82, 2.24) is 19.9 Å². The van der Waals surface area contributed by atoms with Crippen LogP contribution in [0.5, 0.6) is 0 Å². The number of aryl methyl sites for hydroxylation is 1. The standard InChI is InChI=1S/C17H20N4O2/c1-12-15(4-3-9-23-12)17(22)20-11-14-5-6-16(19-10-14)21-8-7-18-13(21)2/h5-8,10H,3-4,9,11H2,1-2H3,(H,20,22). The second-order valence-electron chi connectivity index (χ2n) is 5.54. The molecule has 0 saturated carbocycles. The SMILES string of the molecule is CC1=C(C(=O)NCc2ccc(-n3ccnc3C)nc2)CCCO1. The molecule has 3 rings (SSSR count). The molecule has 0 radical (unpaired) electrons. The Kier molecular flexibility index (Phi) is 4.41. The minimum atomic E-state index is -0.0586. The second kappa shape index (κ2) is 6.64. The highest BCUT2D eigenvalue weighted by atomic mass is 16.5. The van der Waals surface area contributed by atoms with Crippen LogP contribution in [-0.2, 0) is 16.1 Å². The van der Waals surface area contributed by atoms with E-state index < -0.39 is 0 Å². The summed E-state index contributed by atoms with van der Waals surface area (Å²) in [5.41, 5.74) is 1.70. The van der Waals surface area contributed by atoms with Crippen LogP contribution >= 0.6 is 0 Å². The predicted molar refractivity (Wildman–Crippen MR) is 85.8 cm³/mol. The molecule has 23 heavy (non-hydrogen) atoms. The van der Waals surface area contributed by atoms with Gasteiger partial charge in [-0.1, -0.05) is 6.07 Å². The minimum Gasteiger partial charge on any atom is -0.498 e. The Morgan fingerprint density at radius 2 is 2.22 bits per heavy atom. The quantitative estimate of drug-likeness (QED) is 0.940. The van der Waals surface area contributed by atoms with Gasteiger partial charge in [0.15, 0.2) is 0 Å². The molecule has 1 aliphatic heterocycles. The van der Waals surface area contributed by atoms with Gasteiger partial charge < -0.3 is 10.1 Å². The Hall–Kier alpha value is -2.63. The number of amides is 1. The Morgan fingerprint density at radius 1 is 1.35 bits per heavy atom. The van der Waals surface area contributed by atoms with E-state index in [1.165, 1.54) is 0 Å². The molecule has 6 heteroatoms. The van der Waals surface area contributed by atoms with Crippen LogP contribution in [-0.4, -0.2) is 27.0 Å². The summed E-state index contributed by atoms with van der Waals surface area (Å²) >= 11 is 0. The Morgan fingerprint density at radius 3 is 2.87 bits per heavy atom. The first-order chi connectivity index (χ1) is 11.1. The smallest absolute Gasteiger partial charge is 0.250 e. The van der Waals surface area contributed by atoms with Gasteiger partial charge in [-0.05, 0) is 38.3 Å². The van der Waals surface area contributed by atoms with Crippen molar-refractivity contribution in [2.75, 3.05) is 6.61 Å². The third-order valence-corrected chi connectivity index (χ3v) is 3.92. The monoisotopic (exact) mass is 312 g/mol. The normalized spacial score (nSPS) is 14.5. The van der Waals surface area contributed by atoms with Crippen molar-refractivity contribution in [3.05, 3.63) is 53.4 Å². The Labute approximate surface area is 135 Å². The fourth-order valence-corrected chi connectivity index (χ4v) is 2.58. The van der Waals surface area contributed by atoms with Crippen molar-refractivity contribution < 1.29 is 9.53 Å². The van der Waals surface area contributed by atoms with E-state index in [1.807, 2.05) is 36.7 Å². The molecular weight excluding hydrogens is 292 g/mol. The van der Waals surface area contributed by atoms with Gasteiger partial charge in [0, 0.05) is 25.1 Å². The average Bonchev–Trinajstić information content (AvgIpc) is 2.99. The summed E-state index contributed by atoms with van der Waals surface area (Å²) in [6.07, 6.45) is 7.05. The molecule has 3 heterocycles. The predicted octanol–water partition coefficient (Wildman–Crippen LogP) is 2.28. The zero-order valence-corrected chi connectivity index (χ0v) is 13.4. The van der Waals surface area contributed by atoms with Crippen LogP contribution in [0.1, 0.15) is 31.2 Å². The van der Waals surface area contributed by atoms with E-state index in [0.29, 0.717) is 13.2 Å². The van der Waals surface area contributed by atoms with E-state index in [2.05, 4.69) is 15.3 Å². The number of carbonyl (C=O) groups excluding carboxylic acids is 1. The third-order valence-electron chi connectivity index (χ3n) is 3.92. The molecule has 2 aromatic rings. The van der Waals surface area contributed by atoms with Gasteiger partial charge in [-0.3, -0.25) is 9.36 Å². The van der Waals surface area contributed by atoms with Crippen LogP contribution in [0.3, 0.4) is 0 Å². The molecular formula is C17H20N4O2. The molecule has 0 atom stereocenters. The summed E-state index contributed by atoms with van der Waals surface area (Å²) in [6, 6.07) is 3.88. The number of nitrogens with one attached hydrogen (secondary N) is 1. The van der Waals surface area contributed by atoms with Gasteiger partial charge in [0.25, 0.3) is 5.91 Å². The summed E-state index contributed by atoms with van der Waals surface area (Å²) in [5, 5.41) is 2.93. The van der Waals surface area contributed by atoms with E-state index in [1.54, 1.807) is 12.4 Å². The zero-order valence-electron chi connectivity index (χ0n) is 13.4. The van der Waals surface area contributed by atoms with Gasteiger partial charge in [0.1, 0.15) is 17.4 Å². The molecule has 0 unspecified atom stereocenters. The van der Waals surface area contributed by atoms with Crippen molar-refractivity contribution >= 4 is 5.91 Å². The first kappa shape index (κ1) is 15.3. The number of hydrogen-bond acceptors (Lipinski definition) is 4. The van der Waals surface area contributed by atoms with E-state index >= 15 is 0 Å². The van der Waals surface area contributed by atoms with Gasteiger partial charge in [-0.25, -0.2) is 9.97 Å². The van der Waals surface area contributed by atoms with Gasteiger partial charge in [0.2, 0.25) is 0 Å². The van der Waals surface area contributed by atoms with Gasteiger partial charge in [-0.2, -0.15) is 0 Å². The number of pyridine rings is 1. The maximum absolute atomic E-state index is 12.2. The molecule has 0 aromatic carbocycles. The lowest BCUT2D eigenvalue weighted by Gasteiger charge is -2.18. The summed E-state index contributed by atoms with van der Waals surface area (Å²) in [6.45, 7) is 4.92. The van der Waals surface area contributed by atoms with Crippen LogP contribution in [0.15, 0.2) is 42.1 Å². The maximum atomic E-state index is 12.2. The summed E-state index contributed by atoms with van der Waals surface area (Å²) in [4.78, 5) is 20.8. The number of nitrogens with zero attached hydrogens (tertiary/aromatic N) is 3. The fraction of sp³-hybridized carbons (Fsp3) is 0.353. The molecule has 1 N–H and O–H groups in total. The van der Waals surface area contributed by atoms with Crippen molar-refractivity contribution in [3.63, 3.8) is 0 Å². The number of imidazole rings is 1. The van der Waals surface area contributed by atoms with Crippen LogP contribution in [0.25, 0.3) is 5.82 Å². The molecule has 0 fully saturated rings. The van der Waals surface area contributed by atoms with E-state index in [4.69, 9.17) is 4.74 Å². The lowest BCUT2D eigenvalue weighted by Crippen LogP contribution is -2.27. The van der Waals surface area contributed by atoms with Crippen molar-refractivity contribution in [2.24, 2.45) is 0 Å². The average molecular weight is 312 g/mol. The maximum Gasteiger partial charge on any atom is 0.250 e. The lowest BCUT2D eigenvalue weighted by molar-refractivity contribution is -0.118. The molecule has 6 nitrogen and oxygen atoms in total. The topological polar surface area (TPSA) is 69.0 Å². The molecule has 120 valence electrons. The summed E-state index contributed by atoms with van der Waals surface area (Å²) in [5.74, 6) is 2.38. The van der Waals surface area contributed by atoms with Crippen molar-refractivity contribution in [1.29, 1.82) is 0 Å².